The van der Waals surface area contributed by atoms with Crippen molar-refractivity contribution in [3.05, 3.63) is 17.2 Å². The monoisotopic (exact) mass is 346 g/mol. The van der Waals surface area contributed by atoms with Crippen LogP contribution in [0.2, 0.25) is 0 Å². The minimum Gasteiger partial charge on any atom is -0.339 e. The summed E-state index contributed by atoms with van der Waals surface area (Å²) in [5, 5.41) is 0. The van der Waals surface area contributed by atoms with Crippen molar-refractivity contribution < 1.29 is 9.59 Å². The van der Waals surface area contributed by atoms with Crippen molar-refractivity contribution in [3.8, 4) is 0 Å². The van der Waals surface area contributed by atoms with E-state index >= 15 is 0 Å². The molecule has 0 saturated carbocycles. The van der Waals surface area contributed by atoms with Crippen molar-refractivity contribution in [1.82, 2.24) is 19.4 Å². The molecule has 2 amide bonds. The van der Waals surface area contributed by atoms with E-state index in [1.807, 2.05) is 16.5 Å². The highest BCUT2D eigenvalue weighted by molar-refractivity contribution is 5.97. The molecule has 1 saturated heterocycles. The maximum Gasteiger partial charge on any atom is 0.289 e. The minimum atomic E-state index is -0.0608. The van der Waals surface area contributed by atoms with Crippen molar-refractivity contribution in [2.24, 2.45) is 0 Å². The van der Waals surface area contributed by atoms with Gasteiger partial charge < -0.3 is 14.4 Å². The maximum atomic E-state index is 13.0. The summed E-state index contributed by atoms with van der Waals surface area (Å²) in [4.78, 5) is 34.1. The Bertz CT molecular complexity index is 632. The Kier molecular flexibility index (Phi) is 5.76. The lowest BCUT2D eigenvalue weighted by Gasteiger charge is -2.26. The highest BCUT2D eigenvalue weighted by atomic mass is 16.2. The first-order valence-corrected chi connectivity index (χ1v) is 9.77. The van der Waals surface area contributed by atoms with Crippen molar-refractivity contribution in [3.63, 3.8) is 0 Å². The number of piperidine rings is 1. The van der Waals surface area contributed by atoms with Crippen LogP contribution in [0.4, 0.5) is 0 Å². The van der Waals surface area contributed by atoms with Gasteiger partial charge in [0.05, 0.1) is 5.69 Å². The summed E-state index contributed by atoms with van der Waals surface area (Å²) in [6.45, 7) is 5.26. The fourth-order valence-electron chi connectivity index (χ4n) is 3.79. The van der Waals surface area contributed by atoms with Crippen molar-refractivity contribution in [2.45, 2.75) is 64.8 Å². The van der Waals surface area contributed by atoms with Gasteiger partial charge in [-0.2, -0.15) is 0 Å². The zero-order valence-corrected chi connectivity index (χ0v) is 15.6. The lowest BCUT2D eigenvalue weighted by Crippen LogP contribution is -2.36. The number of imidazole rings is 1. The topological polar surface area (TPSA) is 58.4 Å². The molecule has 25 heavy (non-hydrogen) atoms. The molecule has 3 rings (SSSR count). The average molecular weight is 346 g/mol. The van der Waals surface area contributed by atoms with Crippen LogP contribution in [0.5, 0.6) is 0 Å². The molecule has 0 unspecified atom stereocenters. The minimum absolute atomic E-state index is 0.0145. The third kappa shape index (κ3) is 3.72. The van der Waals surface area contributed by atoms with Gasteiger partial charge in [-0.3, -0.25) is 9.59 Å². The van der Waals surface area contributed by atoms with Gasteiger partial charge in [0.15, 0.2) is 5.82 Å². The van der Waals surface area contributed by atoms with E-state index < -0.39 is 0 Å². The molecule has 0 aliphatic carbocycles. The van der Waals surface area contributed by atoms with Gasteiger partial charge >= 0.3 is 0 Å². The van der Waals surface area contributed by atoms with Crippen molar-refractivity contribution in [2.75, 3.05) is 26.7 Å². The average Bonchev–Trinajstić information content (AvgIpc) is 3.05. The molecule has 2 aliphatic heterocycles. The third-order valence-corrected chi connectivity index (χ3v) is 5.35. The highest BCUT2D eigenvalue weighted by Gasteiger charge is 2.31. The summed E-state index contributed by atoms with van der Waals surface area (Å²) in [5.74, 6) is 0.406. The molecule has 2 aliphatic rings. The largest absolute Gasteiger partial charge is 0.339 e. The zero-order chi connectivity index (χ0) is 17.8. The van der Waals surface area contributed by atoms with Gasteiger partial charge in [-0.15, -0.1) is 0 Å². The number of likely N-dealkylation sites (tertiary alicyclic amines) is 1. The van der Waals surface area contributed by atoms with Crippen LogP contribution in [0.1, 0.15) is 78.7 Å². The number of aromatic nitrogens is 2. The Morgan fingerprint density at radius 1 is 1.08 bits per heavy atom. The molecular weight excluding hydrogens is 316 g/mol. The van der Waals surface area contributed by atoms with Crippen molar-refractivity contribution in [1.29, 1.82) is 0 Å². The number of amides is 2. The number of unbranched alkanes of at least 4 members (excludes halogenated alkanes) is 1. The molecule has 0 aromatic carbocycles. The summed E-state index contributed by atoms with van der Waals surface area (Å²) < 4.78 is 2.01. The lowest BCUT2D eigenvalue weighted by atomic mass is 10.1. The van der Waals surface area contributed by atoms with Gasteiger partial charge in [-0.05, 0) is 44.9 Å². The first-order chi connectivity index (χ1) is 12.1. The number of carbonyl (C=O) groups excluding carboxylic acids is 2. The molecular formula is C19H30N4O2. The Hall–Kier alpha value is -1.85. The molecule has 0 bridgehead atoms. The van der Waals surface area contributed by atoms with E-state index in [2.05, 4.69) is 11.9 Å². The van der Waals surface area contributed by atoms with Crippen LogP contribution in [0, 0.1) is 0 Å². The van der Waals surface area contributed by atoms with Crippen LogP contribution in [-0.2, 0) is 13.0 Å². The molecule has 6 nitrogen and oxygen atoms in total. The van der Waals surface area contributed by atoms with E-state index in [9.17, 15) is 9.59 Å². The molecule has 0 spiro atoms. The number of carbonyl (C=O) groups is 2. The van der Waals surface area contributed by atoms with Gasteiger partial charge in [0.2, 0.25) is 0 Å². The first kappa shape index (κ1) is 18.0. The van der Waals surface area contributed by atoms with Gasteiger partial charge in [0, 0.05) is 33.2 Å². The number of hydrogen-bond donors (Lipinski definition) is 0. The fraction of sp³-hybridized carbons (Fsp3) is 0.737. The van der Waals surface area contributed by atoms with Crippen LogP contribution < -0.4 is 0 Å². The summed E-state index contributed by atoms with van der Waals surface area (Å²) in [6, 6.07) is 0. The van der Waals surface area contributed by atoms with E-state index in [-0.39, 0.29) is 11.8 Å². The second-order valence-electron chi connectivity index (χ2n) is 7.27. The van der Waals surface area contributed by atoms with Crippen LogP contribution in [-0.4, -0.2) is 57.8 Å². The van der Waals surface area contributed by atoms with E-state index in [4.69, 9.17) is 0 Å². The standard InChI is InChI=1S/C19H30N4O2/c1-3-4-11-21(2)19(25)17-20-16(15-10-6-9-14-23(15)17)18(24)22-12-7-5-8-13-22/h3-14H2,1-2H3. The fourth-order valence-corrected chi connectivity index (χ4v) is 3.79. The molecule has 0 radical (unpaired) electrons. The first-order valence-electron chi connectivity index (χ1n) is 9.77. The molecule has 1 fully saturated rings. The quantitative estimate of drug-likeness (QED) is 0.824. The van der Waals surface area contributed by atoms with E-state index in [1.54, 1.807) is 4.90 Å². The van der Waals surface area contributed by atoms with Gasteiger partial charge in [-0.1, -0.05) is 13.3 Å². The van der Waals surface area contributed by atoms with Gasteiger partial charge in [0.1, 0.15) is 5.69 Å². The normalized spacial score (nSPS) is 17.3. The van der Waals surface area contributed by atoms with Crippen LogP contribution >= 0.6 is 0 Å². The third-order valence-electron chi connectivity index (χ3n) is 5.35. The molecule has 0 N–H and O–H groups in total. The SMILES string of the molecule is CCCCN(C)C(=O)c1nc(C(=O)N2CCCCC2)c2n1CCCC2. The lowest BCUT2D eigenvalue weighted by molar-refractivity contribution is 0.0717. The molecule has 0 atom stereocenters. The molecule has 3 heterocycles. The second-order valence-corrected chi connectivity index (χ2v) is 7.27. The van der Waals surface area contributed by atoms with E-state index in [1.165, 1.54) is 6.42 Å². The van der Waals surface area contributed by atoms with E-state index in [0.717, 1.165) is 76.8 Å². The summed E-state index contributed by atoms with van der Waals surface area (Å²) in [6.07, 6.45) is 8.29. The second kappa shape index (κ2) is 8.02. The Morgan fingerprint density at radius 2 is 1.80 bits per heavy atom. The maximum absolute atomic E-state index is 13.0. The van der Waals surface area contributed by atoms with Gasteiger partial charge in [0.25, 0.3) is 11.8 Å². The predicted molar refractivity (Wildman–Crippen MR) is 96.8 cm³/mol. The van der Waals surface area contributed by atoms with Gasteiger partial charge in [-0.25, -0.2) is 4.98 Å². The molecule has 1 aromatic heterocycles. The smallest absolute Gasteiger partial charge is 0.289 e. The highest BCUT2D eigenvalue weighted by Crippen LogP contribution is 2.24. The molecule has 6 heteroatoms. The number of nitrogens with zero attached hydrogens (tertiary/aromatic N) is 4. The van der Waals surface area contributed by atoms with Crippen molar-refractivity contribution >= 4 is 11.8 Å². The van der Waals surface area contributed by atoms with Crippen LogP contribution in [0.15, 0.2) is 0 Å². The summed E-state index contributed by atoms with van der Waals surface area (Å²) in [7, 11) is 1.83. The predicted octanol–water partition coefficient (Wildman–Crippen LogP) is 2.72. The van der Waals surface area contributed by atoms with Crippen LogP contribution in [0.3, 0.4) is 0 Å². The Labute approximate surface area is 150 Å². The Morgan fingerprint density at radius 3 is 2.52 bits per heavy atom. The van der Waals surface area contributed by atoms with Crippen LogP contribution in [0.25, 0.3) is 0 Å². The zero-order valence-electron chi connectivity index (χ0n) is 15.6. The summed E-state index contributed by atoms with van der Waals surface area (Å²) >= 11 is 0. The van der Waals surface area contributed by atoms with E-state index in [0.29, 0.717) is 11.5 Å². The number of rotatable bonds is 5. The number of fused-ring (bicyclic) bond motifs is 1. The molecule has 1 aromatic rings. The summed E-state index contributed by atoms with van der Waals surface area (Å²) in [5.41, 5.74) is 1.49. The number of hydrogen-bond acceptors (Lipinski definition) is 3. The molecule has 138 valence electrons. The Balaban J connectivity index is 1.88.